The van der Waals surface area contributed by atoms with Crippen LogP contribution in [0.25, 0.3) is 0 Å². The number of halogens is 4. The van der Waals surface area contributed by atoms with E-state index in [-0.39, 0.29) is 11.5 Å². The number of rotatable bonds is 6. The van der Waals surface area contributed by atoms with Gasteiger partial charge in [0.2, 0.25) is 0 Å². The molecule has 0 amide bonds. The fourth-order valence-corrected chi connectivity index (χ4v) is 4.80. The van der Waals surface area contributed by atoms with Gasteiger partial charge < -0.3 is 0 Å². The van der Waals surface area contributed by atoms with Crippen LogP contribution in [0, 0.1) is 5.92 Å². The number of hydrogen-bond donors (Lipinski definition) is 0. The summed E-state index contributed by atoms with van der Waals surface area (Å²) in [6, 6.07) is 6.73. The molecule has 3 rings (SSSR count). The van der Waals surface area contributed by atoms with Gasteiger partial charge in [-0.25, -0.2) is 17.6 Å². The first-order valence-corrected chi connectivity index (χ1v) is 10.4. The van der Waals surface area contributed by atoms with Crippen LogP contribution < -0.4 is 0 Å². The van der Waals surface area contributed by atoms with Gasteiger partial charge in [0.25, 0.3) is 5.92 Å². The largest absolute Gasteiger partial charge is 0.255 e. The molecule has 1 unspecified atom stereocenters. The molecule has 1 aromatic carbocycles. The molecule has 0 bridgehead atoms. The molecule has 0 heterocycles. The zero-order chi connectivity index (χ0) is 19.5. The average Bonchev–Trinajstić information content (AvgIpc) is 2.66. The first kappa shape index (κ1) is 20.4. The van der Waals surface area contributed by atoms with Crippen LogP contribution in [0.3, 0.4) is 0 Å². The Morgan fingerprint density at radius 1 is 1.00 bits per heavy atom. The van der Waals surface area contributed by atoms with Crippen molar-refractivity contribution in [3.63, 3.8) is 0 Å². The molecule has 0 N–H and O–H groups in total. The summed E-state index contributed by atoms with van der Waals surface area (Å²) in [7, 11) is 0. The van der Waals surface area contributed by atoms with Crippen molar-refractivity contribution in [2.24, 2.45) is 5.92 Å². The normalized spacial score (nSPS) is 30.8. The molecule has 2 aliphatic carbocycles. The van der Waals surface area contributed by atoms with Crippen LogP contribution in [0.5, 0.6) is 0 Å². The Balaban J connectivity index is 1.78. The first-order chi connectivity index (χ1) is 12.9. The Labute approximate surface area is 160 Å². The predicted molar refractivity (Wildman–Crippen MR) is 101 cm³/mol. The van der Waals surface area contributed by atoms with E-state index in [1.807, 2.05) is 0 Å². The van der Waals surface area contributed by atoms with E-state index < -0.39 is 30.3 Å². The van der Waals surface area contributed by atoms with Crippen molar-refractivity contribution in [2.45, 2.75) is 88.6 Å². The van der Waals surface area contributed by atoms with E-state index in [0.717, 1.165) is 31.8 Å². The van der Waals surface area contributed by atoms with Crippen LogP contribution in [0.2, 0.25) is 0 Å². The van der Waals surface area contributed by atoms with Crippen LogP contribution in [0.4, 0.5) is 17.6 Å². The number of hydrogen-bond acceptors (Lipinski definition) is 0. The third kappa shape index (κ3) is 4.57. The standard InChI is InChI=1S/C23H30F4/c1-2-3-4-7-17-10-12-18(13-11-17)19-8-5-6-9-20(19)23(27)16-22(25,26)15-14-21(23)24/h5-6,8-9,14,17-18H,2-4,7,10-13,15-16H2,1H3. The highest BCUT2D eigenvalue weighted by atomic mass is 19.3. The van der Waals surface area contributed by atoms with E-state index in [2.05, 4.69) is 6.92 Å². The average molecular weight is 382 g/mol. The highest BCUT2D eigenvalue weighted by molar-refractivity contribution is 5.41. The Hall–Kier alpha value is -1.32. The Morgan fingerprint density at radius 2 is 1.70 bits per heavy atom. The molecule has 0 saturated heterocycles. The second kappa shape index (κ2) is 8.36. The summed E-state index contributed by atoms with van der Waals surface area (Å²) in [5.41, 5.74) is -1.89. The molecule has 2 aliphatic rings. The van der Waals surface area contributed by atoms with Crippen molar-refractivity contribution in [2.75, 3.05) is 0 Å². The minimum atomic E-state index is -3.21. The zero-order valence-corrected chi connectivity index (χ0v) is 16.1. The van der Waals surface area contributed by atoms with Crippen molar-refractivity contribution in [3.8, 4) is 0 Å². The highest BCUT2D eigenvalue weighted by Gasteiger charge is 2.51. The van der Waals surface area contributed by atoms with Gasteiger partial charge in [0.1, 0.15) is 5.83 Å². The number of benzene rings is 1. The van der Waals surface area contributed by atoms with Gasteiger partial charge in [-0.3, -0.25) is 0 Å². The molecule has 1 fully saturated rings. The van der Waals surface area contributed by atoms with Gasteiger partial charge in [-0.1, -0.05) is 56.9 Å². The molecule has 0 aromatic heterocycles. The lowest BCUT2D eigenvalue weighted by molar-refractivity contribution is -0.0627. The third-order valence-corrected chi connectivity index (χ3v) is 6.35. The lowest BCUT2D eigenvalue weighted by Gasteiger charge is -2.36. The minimum Gasteiger partial charge on any atom is -0.231 e. The lowest BCUT2D eigenvalue weighted by atomic mass is 9.72. The fraction of sp³-hybridized carbons (Fsp3) is 0.652. The second-order valence-electron chi connectivity index (χ2n) is 8.39. The van der Waals surface area contributed by atoms with E-state index >= 15 is 4.39 Å². The number of allylic oxidation sites excluding steroid dienone is 2. The summed E-state index contributed by atoms with van der Waals surface area (Å²) >= 11 is 0. The van der Waals surface area contributed by atoms with Gasteiger partial charge >= 0.3 is 0 Å². The van der Waals surface area contributed by atoms with Crippen LogP contribution in [0.1, 0.15) is 88.2 Å². The first-order valence-electron chi connectivity index (χ1n) is 10.4. The number of unbranched alkanes of at least 4 members (excludes halogenated alkanes) is 2. The van der Waals surface area contributed by atoms with Crippen molar-refractivity contribution in [1.29, 1.82) is 0 Å². The van der Waals surface area contributed by atoms with Crippen LogP contribution in [0.15, 0.2) is 36.2 Å². The predicted octanol–water partition coefficient (Wildman–Crippen LogP) is 7.99. The van der Waals surface area contributed by atoms with Gasteiger partial charge in [0.15, 0.2) is 5.67 Å². The molecular weight excluding hydrogens is 352 g/mol. The van der Waals surface area contributed by atoms with E-state index in [4.69, 9.17) is 0 Å². The monoisotopic (exact) mass is 382 g/mol. The summed E-state index contributed by atoms with van der Waals surface area (Å²) in [5.74, 6) is -3.45. The second-order valence-corrected chi connectivity index (χ2v) is 8.39. The van der Waals surface area contributed by atoms with Crippen molar-refractivity contribution < 1.29 is 17.6 Å². The van der Waals surface area contributed by atoms with Crippen molar-refractivity contribution >= 4 is 0 Å². The Morgan fingerprint density at radius 3 is 2.41 bits per heavy atom. The van der Waals surface area contributed by atoms with Crippen LogP contribution in [-0.2, 0) is 5.67 Å². The molecule has 1 atom stereocenters. The molecule has 0 spiro atoms. The Kier molecular flexibility index (Phi) is 6.32. The molecule has 150 valence electrons. The summed E-state index contributed by atoms with van der Waals surface area (Å²) in [5, 5.41) is 0. The van der Waals surface area contributed by atoms with Crippen molar-refractivity contribution in [3.05, 3.63) is 47.3 Å². The van der Waals surface area contributed by atoms with E-state index in [0.29, 0.717) is 11.5 Å². The summed E-state index contributed by atoms with van der Waals surface area (Å²) < 4.78 is 57.7. The van der Waals surface area contributed by atoms with E-state index in [9.17, 15) is 13.2 Å². The molecule has 0 radical (unpaired) electrons. The molecular formula is C23H30F4. The van der Waals surface area contributed by atoms with Gasteiger partial charge in [-0.2, -0.15) is 0 Å². The fourth-order valence-electron chi connectivity index (χ4n) is 4.80. The minimum absolute atomic E-state index is 0.104. The van der Waals surface area contributed by atoms with Crippen molar-refractivity contribution in [1.82, 2.24) is 0 Å². The lowest BCUT2D eigenvalue weighted by Crippen LogP contribution is -2.36. The highest BCUT2D eigenvalue weighted by Crippen LogP contribution is 2.51. The Bertz CT molecular complexity index is 658. The third-order valence-electron chi connectivity index (χ3n) is 6.35. The smallest absolute Gasteiger partial charge is 0.231 e. The molecule has 1 saturated carbocycles. The van der Waals surface area contributed by atoms with Gasteiger partial charge in [0.05, 0.1) is 6.42 Å². The van der Waals surface area contributed by atoms with Gasteiger partial charge in [-0.05, 0) is 54.7 Å². The topological polar surface area (TPSA) is 0 Å². The summed E-state index contributed by atoms with van der Waals surface area (Å²) in [4.78, 5) is 0. The maximum Gasteiger partial charge on any atom is 0.255 e. The van der Waals surface area contributed by atoms with Crippen LogP contribution >= 0.6 is 0 Å². The van der Waals surface area contributed by atoms with E-state index in [1.165, 1.54) is 31.7 Å². The SMILES string of the molecule is CCCCCC1CCC(c2ccccc2C2(F)CC(F)(F)CC=C2F)CC1. The summed E-state index contributed by atoms with van der Waals surface area (Å²) in [6.07, 6.45) is 7.86. The zero-order valence-electron chi connectivity index (χ0n) is 16.1. The maximum atomic E-state index is 15.6. The quantitative estimate of drug-likeness (QED) is 0.345. The van der Waals surface area contributed by atoms with E-state index in [1.54, 1.807) is 18.2 Å². The molecule has 0 nitrogen and oxygen atoms in total. The molecule has 0 aliphatic heterocycles. The summed E-state index contributed by atoms with van der Waals surface area (Å²) in [6.45, 7) is 2.20. The molecule has 4 heteroatoms. The molecule has 27 heavy (non-hydrogen) atoms. The molecule has 1 aromatic rings. The van der Waals surface area contributed by atoms with Gasteiger partial charge in [-0.15, -0.1) is 0 Å². The van der Waals surface area contributed by atoms with Crippen LogP contribution in [-0.4, -0.2) is 5.92 Å². The maximum absolute atomic E-state index is 15.6. The number of alkyl halides is 3. The van der Waals surface area contributed by atoms with Gasteiger partial charge in [0, 0.05) is 6.42 Å².